The van der Waals surface area contributed by atoms with Gasteiger partial charge in [0.05, 0.1) is 11.1 Å². The molecule has 0 aliphatic carbocycles. The molecule has 0 aliphatic heterocycles. The standard InChI is InChI=1S/C22H17F2NO4S/c1-2-30(29)15-7-5-6-13(10-15)14-11-18(23)20(19(24)12-14)25-21(26)16-8-3-4-9-17(16)22(27)28/h3-12H,2H2,1H3,(H,25,26)(H,27,28). The summed E-state index contributed by atoms with van der Waals surface area (Å²) in [6, 6.07) is 14.0. The Morgan fingerprint density at radius 1 is 0.967 bits per heavy atom. The molecule has 0 saturated heterocycles. The van der Waals surface area contributed by atoms with Crippen LogP contribution >= 0.6 is 0 Å². The van der Waals surface area contributed by atoms with Gasteiger partial charge in [-0.05, 0) is 59.6 Å². The van der Waals surface area contributed by atoms with Crippen LogP contribution in [0.4, 0.5) is 14.5 Å². The average molecular weight is 429 g/mol. The number of halogens is 2. The highest BCUT2D eigenvalue weighted by Gasteiger charge is 2.20. The van der Waals surface area contributed by atoms with E-state index in [0.29, 0.717) is 16.2 Å². The Kier molecular flexibility index (Phi) is 6.49. The van der Waals surface area contributed by atoms with Crippen molar-refractivity contribution in [1.29, 1.82) is 0 Å². The molecule has 1 amide bonds. The molecular weight excluding hydrogens is 412 g/mol. The van der Waals surface area contributed by atoms with Crippen LogP contribution in [0.3, 0.4) is 0 Å². The molecule has 5 nitrogen and oxygen atoms in total. The molecule has 2 N–H and O–H groups in total. The Hall–Kier alpha value is -3.23. The molecule has 0 aromatic heterocycles. The monoisotopic (exact) mass is 429 g/mol. The maximum Gasteiger partial charge on any atom is 0.336 e. The molecule has 3 rings (SSSR count). The Balaban J connectivity index is 1.93. The topological polar surface area (TPSA) is 89.5 Å². The minimum atomic E-state index is -1.33. The lowest BCUT2D eigenvalue weighted by Gasteiger charge is -2.12. The highest BCUT2D eigenvalue weighted by molar-refractivity contribution is 7.91. The summed E-state index contributed by atoms with van der Waals surface area (Å²) in [7, 11) is 0. The van der Waals surface area contributed by atoms with Crippen molar-refractivity contribution in [1.82, 2.24) is 0 Å². The SMILES string of the molecule is CC[S+]([O-])c1cccc(-c2cc(F)c(NC(=O)c3ccccc3C(=O)O)c(F)c2)c1. The van der Waals surface area contributed by atoms with Crippen LogP contribution in [0.1, 0.15) is 27.6 Å². The molecule has 1 unspecified atom stereocenters. The number of anilines is 1. The van der Waals surface area contributed by atoms with Crippen LogP contribution in [-0.4, -0.2) is 27.3 Å². The Labute approximate surface area is 174 Å². The quantitative estimate of drug-likeness (QED) is 0.556. The van der Waals surface area contributed by atoms with Gasteiger partial charge >= 0.3 is 5.97 Å². The van der Waals surface area contributed by atoms with Crippen molar-refractivity contribution in [3.63, 3.8) is 0 Å². The number of nitrogens with one attached hydrogen (secondary N) is 1. The number of amides is 1. The van der Waals surface area contributed by atoms with Gasteiger partial charge in [-0.15, -0.1) is 0 Å². The van der Waals surface area contributed by atoms with Gasteiger partial charge in [0, 0.05) is 6.07 Å². The molecule has 3 aromatic rings. The fourth-order valence-corrected chi connectivity index (χ4v) is 3.71. The van der Waals surface area contributed by atoms with Crippen molar-refractivity contribution in [2.24, 2.45) is 0 Å². The van der Waals surface area contributed by atoms with Crippen LogP contribution < -0.4 is 5.32 Å². The van der Waals surface area contributed by atoms with Crippen LogP contribution in [0.5, 0.6) is 0 Å². The minimum absolute atomic E-state index is 0.212. The molecule has 0 fully saturated rings. The van der Waals surface area contributed by atoms with Crippen LogP contribution in [0, 0.1) is 11.6 Å². The molecule has 3 aromatic carbocycles. The van der Waals surface area contributed by atoms with Crippen LogP contribution in [-0.2, 0) is 11.2 Å². The molecular formula is C22H17F2NO4S. The van der Waals surface area contributed by atoms with Crippen molar-refractivity contribution in [2.75, 3.05) is 11.1 Å². The largest absolute Gasteiger partial charge is 0.611 e. The third-order valence-corrected chi connectivity index (χ3v) is 5.68. The van der Waals surface area contributed by atoms with Gasteiger partial charge < -0.3 is 15.0 Å². The van der Waals surface area contributed by atoms with Gasteiger partial charge in [0.2, 0.25) is 0 Å². The first-order chi connectivity index (χ1) is 14.3. The second kappa shape index (κ2) is 9.06. The minimum Gasteiger partial charge on any atom is -0.611 e. The predicted molar refractivity (Wildman–Crippen MR) is 110 cm³/mol. The third kappa shape index (κ3) is 4.50. The molecule has 30 heavy (non-hydrogen) atoms. The normalized spacial score (nSPS) is 11.7. The fraction of sp³-hybridized carbons (Fsp3) is 0.0909. The molecule has 8 heteroatoms. The summed E-state index contributed by atoms with van der Waals surface area (Å²) in [5, 5.41) is 11.3. The van der Waals surface area contributed by atoms with Crippen LogP contribution in [0.15, 0.2) is 65.6 Å². The molecule has 0 aliphatic rings. The Bertz CT molecular complexity index is 1100. The fourth-order valence-electron chi connectivity index (χ4n) is 2.89. The molecule has 0 bridgehead atoms. The molecule has 154 valence electrons. The highest BCUT2D eigenvalue weighted by Crippen LogP contribution is 2.29. The molecule has 0 spiro atoms. The van der Waals surface area contributed by atoms with E-state index in [9.17, 15) is 28.0 Å². The average Bonchev–Trinajstić information content (AvgIpc) is 2.75. The zero-order valence-corrected chi connectivity index (χ0v) is 16.6. The maximum absolute atomic E-state index is 14.6. The summed E-state index contributed by atoms with van der Waals surface area (Å²) in [6.45, 7) is 1.77. The lowest BCUT2D eigenvalue weighted by atomic mass is 10.0. The smallest absolute Gasteiger partial charge is 0.336 e. The van der Waals surface area contributed by atoms with Crippen LogP contribution in [0.2, 0.25) is 0 Å². The lowest BCUT2D eigenvalue weighted by molar-refractivity contribution is 0.0692. The van der Waals surface area contributed by atoms with Gasteiger partial charge in [-0.1, -0.05) is 24.3 Å². The van der Waals surface area contributed by atoms with Crippen molar-refractivity contribution < 1.29 is 28.0 Å². The first kappa shape index (κ1) is 21.5. The Morgan fingerprint density at radius 2 is 1.60 bits per heavy atom. The second-order valence-electron chi connectivity index (χ2n) is 6.28. The molecule has 0 heterocycles. The Morgan fingerprint density at radius 3 is 2.20 bits per heavy atom. The summed E-state index contributed by atoms with van der Waals surface area (Å²) in [4.78, 5) is 24.2. The molecule has 1 atom stereocenters. The van der Waals surface area contributed by atoms with Gasteiger partial charge in [0.15, 0.2) is 4.90 Å². The van der Waals surface area contributed by atoms with E-state index in [0.717, 1.165) is 12.1 Å². The van der Waals surface area contributed by atoms with Crippen molar-refractivity contribution in [3.8, 4) is 11.1 Å². The van der Waals surface area contributed by atoms with E-state index in [1.807, 2.05) is 0 Å². The van der Waals surface area contributed by atoms with E-state index in [-0.39, 0.29) is 16.7 Å². The van der Waals surface area contributed by atoms with E-state index in [2.05, 4.69) is 5.32 Å². The molecule has 0 radical (unpaired) electrons. The van der Waals surface area contributed by atoms with E-state index in [4.69, 9.17) is 0 Å². The van der Waals surface area contributed by atoms with E-state index in [1.165, 1.54) is 24.3 Å². The van der Waals surface area contributed by atoms with E-state index >= 15 is 0 Å². The molecule has 0 saturated carbocycles. The maximum atomic E-state index is 14.6. The zero-order chi connectivity index (χ0) is 21.8. The number of benzene rings is 3. The predicted octanol–water partition coefficient (Wildman–Crippen LogP) is 4.71. The van der Waals surface area contributed by atoms with E-state index < -0.39 is 40.4 Å². The number of rotatable bonds is 6. The van der Waals surface area contributed by atoms with E-state index in [1.54, 1.807) is 31.2 Å². The first-order valence-corrected chi connectivity index (χ1v) is 10.2. The van der Waals surface area contributed by atoms with Crippen molar-refractivity contribution in [3.05, 3.63) is 83.4 Å². The van der Waals surface area contributed by atoms with Gasteiger partial charge in [0.25, 0.3) is 5.91 Å². The number of aromatic carboxylic acids is 1. The summed E-state index contributed by atoms with van der Waals surface area (Å²) in [5.74, 6) is -3.91. The third-order valence-electron chi connectivity index (χ3n) is 4.38. The number of hydrogen-bond acceptors (Lipinski definition) is 3. The van der Waals surface area contributed by atoms with Crippen molar-refractivity contribution in [2.45, 2.75) is 11.8 Å². The lowest BCUT2D eigenvalue weighted by Crippen LogP contribution is -2.18. The number of carbonyl (C=O) groups excluding carboxylic acids is 1. The van der Waals surface area contributed by atoms with Gasteiger partial charge in [-0.3, -0.25) is 4.79 Å². The number of hydrogen-bond donors (Lipinski definition) is 2. The van der Waals surface area contributed by atoms with Gasteiger partial charge in [-0.25, -0.2) is 13.6 Å². The summed E-state index contributed by atoms with van der Waals surface area (Å²) >= 11 is -1.22. The van der Waals surface area contributed by atoms with Gasteiger partial charge in [0.1, 0.15) is 23.1 Å². The highest BCUT2D eigenvalue weighted by atomic mass is 32.2. The zero-order valence-electron chi connectivity index (χ0n) is 15.8. The van der Waals surface area contributed by atoms with Gasteiger partial charge in [-0.2, -0.15) is 0 Å². The number of carboxylic acids is 1. The summed E-state index contributed by atoms with van der Waals surface area (Å²) in [5.41, 5.74) is -0.502. The number of carboxylic acid groups (broad SMARTS) is 1. The summed E-state index contributed by atoms with van der Waals surface area (Å²) in [6.07, 6.45) is 0. The van der Waals surface area contributed by atoms with Crippen LogP contribution in [0.25, 0.3) is 11.1 Å². The second-order valence-corrected chi connectivity index (χ2v) is 8.02. The van der Waals surface area contributed by atoms with Crippen molar-refractivity contribution >= 4 is 28.7 Å². The summed E-state index contributed by atoms with van der Waals surface area (Å²) < 4.78 is 41.2. The first-order valence-electron chi connectivity index (χ1n) is 8.93. The number of carbonyl (C=O) groups is 2.